The van der Waals surface area contributed by atoms with Gasteiger partial charge in [-0.05, 0) is 56.0 Å². The number of hydrogen-bond donors (Lipinski definition) is 1. The van der Waals surface area contributed by atoms with Gasteiger partial charge in [-0.3, -0.25) is 14.7 Å². The molecule has 0 bridgehead atoms. The van der Waals surface area contributed by atoms with E-state index in [1.807, 2.05) is 31.2 Å². The van der Waals surface area contributed by atoms with Crippen LogP contribution in [0.4, 0.5) is 5.13 Å². The number of pyridine rings is 1. The predicted molar refractivity (Wildman–Crippen MR) is 117 cm³/mol. The largest absolute Gasteiger partial charge is 0.291 e. The molecular weight excluding hydrogens is 420 g/mol. The Bertz CT molecular complexity index is 1250. The second-order valence-corrected chi connectivity index (χ2v) is 10.3. The quantitative estimate of drug-likeness (QED) is 0.669. The molecule has 0 radical (unpaired) electrons. The zero-order valence-corrected chi connectivity index (χ0v) is 18.5. The van der Waals surface area contributed by atoms with E-state index >= 15 is 0 Å². The summed E-state index contributed by atoms with van der Waals surface area (Å²) in [6.45, 7) is 3.54. The first-order chi connectivity index (χ1) is 14.1. The summed E-state index contributed by atoms with van der Waals surface area (Å²) in [5.41, 5.74) is 5.51. The number of benzene rings is 1. The number of sulfonamides is 1. The zero-order valence-electron chi connectivity index (χ0n) is 16.9. The average Bonchev–Trinajstić information content (AvgIpc) is 3.29. The minimum Gasteiger partial charge on any atom is -0.291 e. The molecule has 0 saturated heterocycles. The Hall–Kier alpha value is -2.62. The van der Waals surface area contributed by atoms with Gasteiger partial charge in [0.2, 0.25) is 15.9 Å². The molecule has 30 heavy (non-hydrogen) atoms. The number of fused-ring (bicyclic) bond motifs is 1. The van der Waals surface area contributed by atoms with Crippen LogP contribution in [-0.2, 0) is 27.7 Å². The van der Waals surface area contributed by atoms with E-state index in [1.165, 1.54) is 4.90 Å². The molecule has 0 unspecified atom stereocenters. The number of aromatic nitrogens is 2. The molecule has 1 amide bonds. The predicted octanol–water partition coefficient (Wildman–Crippen LogP) is 2.85. The molecule has 0 aliphatic heterocycles. The number of anilines is 1. The van der Waals surface area contributed by atoms with E-state index in [2.05, 4.69) is 22.1 Å². The maximum Gasteiger partial charge on any atom is 0.249 e. The van der Waals surface area contributed by atoms with Crippen LogP contribution >= 0.6 is 11.3 Å². The van der Waals surface area contributed by atoms with E-state index < -0.39 is 10.0 Å². The van der Waals surface area contributed by atoms with Crippen LogP contribution in [0.1, 0.15) is 22.5 Å². The summed E-state index contributed by atoms with van der Waals surface area (Å²) in [6, 6.07) is 12.1. The Morgan fingerprint density at radius 3 is 2.53 bits per heavy atom. The van der Waals surface area contributed by atoms with Crippen molar-refractivity contribution in [1.82, 2.24) is 9.97 Å². The van der Waals surface area contributed by atoms with Gasteiger partial charge >= 0.3 is 0 Å². The minimum absolute atomic E-state index is 0.0119. The average molecular weight is 443 g/mol. The van der Waals surface area contributed by atoms with E-state index in [1.54, 1.807) is 14.0 Å². The highest BCUT2D eigenvalue weighted by atomic mass is 32.2. The summed E-state index contributed by atoms with van der Waals surface area (Å²) in [7, 11) is -2.23. The molecule has 9 heteroatoms. The van der Waals surface area contributed by atoms with Crippen LogP contribution < -0.4 is 10.0 Å². The van der Waals surface area contributed by atoms with E-state index in [0.29, 0.717) is 23.7 Å². The summed E-state index contributed by atoms with van der Waals surface area (Å²) in [4.78, 5) is 23.3. The molecule has 1 aliphatic rings. The van der Waals surface area contributed by atoms with Crippen LogP contribution in [-0.4, -0.2) is 31.3 Å². The van der Waals surface area contributed by atoms with Gasteiger partial charge in [0.05, 0.1) is 11.4 Å². The zero-order chi connectivity index (χ0) is 21.6. The number of carbonyl (C=O) groups excluding carboxylic acids is 1. The molecule has 2 N–H and O–H groups in total. The van der Waals surface area contributed by atoms with Crippen molar-refractivity contribution in [2.45, 2.75) is 30.9 Å². The second kappa shape index (κ2) is 7.57. The lowest BCUT2D eigenvalue weighted by molar-refractivity contribution is -0.121. The molecule has 0 saturated carbocycles. The summed E-state index contributed by atoms with van der Waals surface area (Å²) in [5.74, 6) is -0.302. The monoisotopic (exact) mass is 442 g/mol. The highest BCUT2D eigenvalue weighted by Crippen LogP contribution is 2.34. The first-order valence-electron chi connectivity index (χ1n) is 9.47. The Balaban J connectivity index is 1.55. The van der Waals surface area contributed by atoms with Crippen LogP contribution in [0.5, 0.6) is 0 Å². The maximum atomic E-state index is 13.1. The van der Waals surface area contributed by atoms with Gasteiger partial charge in [0.25, 0.3) is 0 Å². The summed E-state index contributed by atoms with van der Waals surface area (Å²) in [6.07, 6.45) is 1.27. The lowest BCUT2D eigenvalue weighted by atomic mass is 10.0. The number of aryl methyl sites for hydroxylation is 2. The molecule has 1 aliphatic carbocycles. The van der Waals surface area contributed by atoms with Crippen LogP contribution in [0.25, 0.3) is 11.3 Å². The van der Waals surface area contributed by atoms with E-state index in [9.17, 15) is 13.2 Å². The second-order valence-electron chi connectivity index (χ2n) is 7.56. The molecule has 156 valence electrons. The maximum absolute atomic E-state index is 13.1. The Kier molecular flexibility index (Phi) is 5.21. The van der Waals surface area contributed by atoms with E-state index in [-0.39, 0.29) is 16.0 Å². The number of amides is 1. The van der Waals surface area contributed by atoms with Crippen molar-refractivity contribution >= 4 is 32.4 Å². The van der Waals surface area contributed by atoms with Gasteiger partial charge in [0.15, 0.2) is 9.34 Å². The van der Waals surface area contributed by atoms with Crippen molar-refractivity contribution in [3.05, 3.63) is 58.9 Å². The van der Waals surface area contributed by atoms with Gasteiger partial charge in [0.1, 0.15) is 0 Å². The van der Waals surface area contributed by atoms with Crippen molar-refractivity contribution in [3.8, 4) is 11.3 Å². The molecule has 0 spiro atoms. The third kappa shape index (κ3) is 3.88. The highest BCUT2D eigenvalue weighted by molar-refractivity contribution is 7.91. The fourth-order valence-electron chi connectivity index (χ4n) is 3.80. The van der Waals surface area contributed by atoms with Gasteiger partial charge < -0.3 is 0 Å². The number of thiazole rings is 1. The van der Waals surface area contributed by atoms with Crippen molar-refractivity contribution in [2.75, 3.05) is 11.9 Å². The van der Waals surface area contributed by atoms with Crippen LogP contribution in [0, 0.1) is 19.8 Å². The standard InChI is InChI=1S/C21H22N4O3S2/c1-12-5-4-6-18(23-12)15-8-7-14-9-17(11-16(14)10-15)19(26)25(3)21-24-13(2)20(29-21)30(22,27)28/h4-8,10,17H,9,11H2,1-3H3,(H2,22,27,28)/t17-/m0/s1. The van der Waals surface area contributed by atoms with Gasteiger partial charge in [-0.2, -0.15) is 0 Å². The number of nitrogens with zero attached hydrogens (tertiary/aromatic N) is 3. The van der Waals surface area contributed by atoms with Gasteiger partial charge in [-0.15, -0.1) is 0 Å². The van der Waals surface area contributed by atoms with Crippen molar-refractivity contribution in [3.63, 3.8) is 0 Å². The first kappa shape index (κ1) is 20.6. The minimum atomic E-state index is -3.86. The third-order valence-corrected chi connectivity index (χ3v) is 8.08. The van der Waals surface area contributed by atoms with Gasteiger partial charge in [0, 0.05) is 24.2 Å². The van der Waals surface area contributed by atoms with Crippen LogP contribution in [0.15, 0.2) is 40.6 Å². The molecule has 0 fully saturated rings. The van der Waals surface area contributed by atoms with E-state index in [0.717, 1.165) is 39.4 Å². The molecule has 2 aromatic heterocycles. The summed E-state index contributed by atoms with van der Waals surface area (Å²) in [5, 5.41) is 5.57. The highest BCUT2D eigenvalue weighted by Gasteiger charge is 2.32. The van der Waals surface area contributed by atoms with Crippen LogP contribution in [0.3, 0.4) is 0 Å². The number of hydrogen-bond acceptors (Lipinski definition) is 6. The molecule has 3 aromatic rings. The normalized spacial score (nSPS) is 15.8. The molecule has 2 heterocycles. The first-order valence-corrected chi connectivity index (χ1v) is 11.8. The van der Waals surface area contributed by atoms with Crippen molar-refractivity contribution in [2.24, 2.45) is 11.1 Å². The molecule has 1 atom stereocenters. The lowest BCUT2D eigenvalue weighted by Crippen LogP contribution is -2.33. The molecule has 7 nitrogen and oxygen atoms in total. The van der Waals surface area contributed by atoms with E-state index in [4.69, 9.17) is 5.14 Å². The Labute approximate surface area is 179 Å². The van der Waals surface area contributed by atoms with Crippen LogP contribution in [0.2, 0.25) is 0 Å². The number of carbonyl (C=O) groups is 1. The molecule has 4 rings (SSSR count). The smallest absolute Gasteiger partial charge is 0.249 e. The van der Waals surface area contributed by atoms with Gasteiger partial charge in [-0.1, -0.05) is 29.5 Å². The summed E-state index contributed by atoms with van der Waals surface area (Å²) >= 11 is 0.919. The van der Waals surface area contributed by atoms with Crippen molar-refractivity contribution < 1.29 is 13.2 Å². The number of primary sulfonamides is 1. The third-order valence-electron chi connectivity index (χ3n) is 5.29. The fraction of sp³-hybridized carbons (Fsp3) is 0.286. The molecule has 1 aromatic carbocycles. The van der Waals surface area contributed by atoms with Crippen molar-refractivity contribution in [1.29, 1.82) is 0 Å². The number of nitrogens with two attached hydrogens (primary N) is 1. The fourth-order valence-corrected chi connectivity index (χ4v) is 5.71. The SMILES string of the molecule is Cc1cccc(-c2ccc3c(c2)C[C@@H](C(=O)N(C)c2nc(C)c(S(N)(=O)=O)s2)C3)n1. The Morgan fingerprint density at radius 1 is 1.13 bits per heavy atom. The Morgan fingerprint density at radius 2 is 1.87 bits per heavy atom. The number of rotatable bonds is 4. The topological polar surface area (TPSA) is 106 Å². The molecular formula is C21H22N4O3S2. The summed E-state index contributed by atoms with van der Waals surface area (Å²) < 4.78 is 23.3. The van der Waals surface area contributed by atoms with Gasteiger partial charge in [-0.25, -0.2) is 18.5 Å². The lowest BCUT2D eigenvalue weighted by Gasteiger charge is -2.18.